The number of nitrogens with zero attached hydrogens (tertiary/aromatic N) is 1. The molecule has 1 atom stereocenters. The molecule has 2 rings (SSSR count). The molecule has 1 fully saturated rings. The van der Waals surface area contributed by atoms with Gasteiger partial charge in [0.05, 0.1) is 10.9 Å². The average molecular weight is 336 g/mol. The zero-order chi connectivity index (χ0) is 14.7. The second-order valence-corrected chi connectivity index (χ2v) is 5.92. The highest BCUT2D eigenvalue weighted by Crippen LogP contribution is 2.28. The molecule has 0 spiro atoms. The normalized spacial score (nSPS) is 18.1. The zero-order valence-electron chi connectivity index (χ0n) is 10.2. The molecule has 1 unspecified atom stereocenters. The lowest BCUT2D eigenvalue weighted by molar-refractivity contribution is -0.148. The van der Waals surface area contributed by atoms with Crippen LogP contribution in [0.15, 0.2) is 18.2 Å². The van der Waals surface area contributed by atoms with Gasteiger partial charge in [-0.1, -0.05) is 23.2 Å². The number of hydrogen-bond acceptors (Lipinski definition) is 4. The first-order valence-corrected chi connectivity index (χ1v) is 7.58. The zero-order valence-corrected chi connectivity index (χ0v) is 12.5. The first-order valence-electron chi connectivity index (χ1n) is 5.67. The van der Waals surface area contributed by atoms with Gasteiger partial charge in [0.15, 0.2) is 6.61 Å². The Morgan fingerprint density at radius 2 is 2.20 bits per heavy atom. The monoisotopic (exact) mass is 335 g/mol. The number of aliphatic carboxylic acids is 1. The summed E-state index contributed by atoms with van der Waals surface area (Å²) in [7, 11) is 0. The van der Waals surface area contributed by atoms with Crippen LogP contribution in [0.3, 0.4) is 0 Å². The molecule has 1 aliphatic rings. The molecule has 108 valence electrons. The van der Waals surface area contributed by atoms with Crippen molar-refractivity contribution in [1.82, 2.24) is 4.90 Å². The summed E-state index contributed by atoms with van der Waals surface area (Å²) in [5.41, 5.74) is 0. The highest BCUT2D eigenvalue weighted by atomic mass is 35.5. The maximum atomic E-state index is 12.0. The highest BCUT2D eigenvalue weighted by molar-refractivity contribution is 7.99. The van der Waals surface area contributed by atoms with E-state index in [0.29, 0.717) is 27.4 Å². The van der Waals surface area contributed by atoms with Crippen molar-refractivity contribution < 1.29 is 19.4 Å². The molecule has 20 heavy (non-hydrogen) atoms. The third-order valence-corrected chi connectivity index (χ3v) is 4.28. The molecule has 0 saturated carbocycles. The Kier molecular flexibility index (Phi) is 5.01. The average Bonchev–Trinajstić information content (AvgIpc) is 2.86. The summed E-state index contributed by atoms with van der Waals surface area (Å²) in [4.78, 5) is 24.3. The number of carboxylic acid groups (broad SMARTS) is 1. The van der Waals surface area contributed by atoms with Gasteiger partial charge in [-0.15, -0.1) is 11.8 Å². The Balaban J connectivity index is 1.96. The second kappa shape index (κ2) is 6.56. The minimum atomic E-state index is -1.01. The Morgan fingerprint density at radius 1 is 1.45 bits per heavy atom. The Hall–Kier alpha value is -1.11. The number of halogens is 2. The first-order chi connectivity index (χ1) is 9.49. The van der Waals surface area contributed by atoms with Crippen LogP contribution in [0.2, 0.25) is 10.0 Å². The van der Waals surface area contributed by atoms with Crippen molar-refractivity contribution in [3.05, 3.63) is 28.2 Å². The minimum absolute atomic E-state index is 0.258. The standard InChI is InChI=1S/C12H11Cl2NO4S/c13-7-1-2-10(8(14)3-7)19-4-11(16)15-6-20-5-9(15)12(17)18/h1-3,9H,4-6H2,(H,17,18). The predicted octanol–water partition coefficient (Wildman–Crippen LogP) is 2.36. The van der Waals surface area contributed by atoms with Gasteiger partial charge in [-0.2, -0.15) is 0 Å². The maximum Gasteiger partial charge on any atom is 0.327 e. The van der Waals surface area contributed by atoms with Crippen LogP contribution in [-0.4, -0.2) is 46.2 Å². The molecule has 0 aromatic heterocycles. The molecule has 0 aliphatic carbocycles. The highest BCUT2D eigenvalue weighted by Gasteiger charge is 2.34. The van der Waals surface area contributed by atoms with E-state index >= 15 is 0 Å². The molecule has 1 aromatic carbocycles. The van der Waals surface area contributed by atoms with Crippen molar-refractivity contribution in [1.29, 1.82) is 0 Å². The molecule has 1 aliphatic heterocycles. The van der Waals surface area contributed by atoms with Crippen molar-refractivity contribution in [2.45, 2.75) is 6.04 Å². The van der Waals surface area contributed by atoms with E-state index in [2.05, 4.69) is 0 Å². The van der Waals surface area contributed by atoms with Crippen molar-refractivity contribution in [3.63, 3.8) is 0 Å². The number of thioether (sulfide) groups is 1. The van der Waals surface area contributed by atoms with E-state index in [1.165, 1.54) is 22.7 Å². The number of amides is 1. The van der Waals surface area contributed by atoms with E-state index < -0.39 is 12.0 Å². The molecule has 0 bridgehead atoms. The van der Waals surface area contributed by atoms with Crippen molar-refractivity contribution in [2.75, 3.05) is 18.2 Å². The number of benzene rings is 1. The van der Waals surface area contributed by atoms with Crippen LogP contribution in [0, 0.1) is 0 Å². The van der Waals surface area contributed by atoms with Gasteiger partial charge in [0.1, 0.15) is 11.8 Å². The lowest BCUT2D eigenvalue weighted by Crippen LogP contribution is -2.43. The third-order valence-electron chi connectivity index (χ3n) is 2.73. The van der Waals surface area contributed by atoms with Gasteiger partial charge in [-0.05, 0) is 18.2 Å². The van der Waals surface area contributed by atoms with Crippen molar-refractivity contribution in [2.24, 2.45) is 0 Å². The van der Waals surface area contributed by atoms with Gasteiger partial charge in [-0.3, -0.25) is 4.79 Å². The largest absolute Gasteiger partial charge is 0.482 e. The first kappa shape index (κ1) is 15.3. The number of carbonyl (C=O) groups excluding carboxylic acids is 1. The number of ether oxygens (including phenoxy) is 1. The molecule has 1 saturated heterocycles. The molecule has 0 radical (unpaired) electrons. The van der Waals surface area contributed by atoms with Gasteiger partial charge in [0, 0.05) is 10.8 Å². The van der Waals surface area contributed by atoms with E-state index in [1.54, 1.807) is 12.1 Å². The summed E-state index contributed by atoms with van der Waals surface area (Å²) in [6, 6.07) is 3.87. The number of hydrogen-bond donors (Lipinski definition) is 1. The van der Waals surface area contributed by atoms with Gasteiger partial charge in [0.25, 0.3) is 5.91 Å². The second-order valence-electron chi connectivity index (χ2n) is 4.08. The quantitative estimate of drug-likeness (QED) is 0.914. The molecule has 1 aromatic rings. The van der Waals surface area contributed by atoms with E-state index in [9.17, 15) is 9.59 Å². The molecular weight excluding hydrogens is 325 g/mol. The lowest BCUT2D eigenvalue weighted by Gasteiger charge is -2.20. The number of carbonyl (C=O) groups is 2. The van der Waals surface area contributed by atoms with Crippen LogP contribution >= 0.6 is 35.0 Å². The third kappa shape index (κ3) is 3.50. The predicted molar refractivity (Wildman–Crippen MR) is 77.6 cm³/mol. The van der Waals surface area contributed by atoms with E-state index in [1.807, 2.05) is 0 Å². The van der Waals surface area contributed by atoms with Crippen LogP contribution < -0.4 is 4.74 Å². The molecule has 1 heterocycles. The van der Waals surface area contributed by atoms with Crippen LogP contribution in [0.25, 0.3) is 0 Å². The fraction of sp³-hybridized carbons (Fsp3) is 0.333. The molecule has 1 N–H and O–H groups in total. The van der Waals surface area contributed by atoms with Crippen LogP contribution in [-0.2, 0) is 9.59 Å². The fourth-order valence-corrected chi connectivity index (χ4v) is 3.34. The van der Waals surface area contributed by atoms with Crippen LogP contribution in [0.5, 0.6) is 5.75 Å². The Morgan fingerprint density at radius 3 is 2.85 bits per heavy atom. The van der Waals surface area contributed by atoms with Crippen LogP contribution in [0.4, 0.5) is 0 Å². The van der Waals surface area contributed by atoms with E-state index in [-0.39, 0.29) is 12.5 Å². The molecule has 5 nitrogen and oxygen atoms in total. The Labute approximate surface area is 129 Å². The SMILES string of the molecule is O=C(O)C1CSCN1C(=O)COc1ccc(Cl)cc1Cl. The van der Waals surface area contributed by atoms with Crippen molar-refractivity contribution in [3.8, 4) is 5.75 Å². The Bertz CT molecular complexity index is 540. The topological polar surface area (TPSA) is 66.8 Å². The minimum Gasteiger partial charge on any atom is -0.482 e. The molecular formula is C12H11Cl2NO4S. The van der Waals surface area contributed by atoms with Gasteiger partial charge in [-0.25, -0.2) is 4.79 Å². The molecule has 1 amide bonds. The van der Waals surface area contributed by atoms with Gasteiger partial charge in [0.2, 0.25) is 0 Å². The van der Waals surface area contributed by atoms with Gasteiger partial charge < -0.3 is 14.7 Å². The molecule has 8 heteroatoms. The summed E-state index contributed by atoms with van der Waals surface area (Å²) >= 11 is 13.1. The number of carboxylic acids is 1. The maximum absolute atomic E-state index is 12.0. The van der Waals surface area contributed by atoms with E-state index in [4.69, 9.17) is 33.0 Å². The number of rotatable bonds is 4. The fourth-order valence-electron chi connectivity index (χ4n) is 1.71. The summed E-state index contributed by atoms with van der Waals surface area (Å²) < 4.78 is 5.31. The summed E-state index contributed by atoms with van der Waals surface area (Å²) in [6.07, 6.45) is 0. The summed E-state index contributed by atoms with van der Waals surface area (Å²) in [5, 5.41) is 9.78. The lowest BCUT2D eigenvalue weighted by atomic mass is 10.3. The van der Waals surface area contributed by atoms with Crippen LogP contribution in [0.1, 0.15) is 0 Å². The summed E-state index contributed by atoms with van der Waals surface area (Å²) in [5.74, 6) is -0.305. The van der Waals surface area contributed by atoms with Crippen molar-refractivity contribution >= 4 is 46.8 Å². The smallest absolute Gasteiger partial charge is 0.327 e. The summed E-state index contributed by atoms with van der Waals surface area (Å²) in [6.45, 7) is -0.258. The van der Waals surface area contributed by atoms with Gasteiger partial charge >= 0.3 is 5.97 Å². The van der Waals surface area contributed by atoms with E-state index in [0.717, 1.165) is 0 Å².